The van der Waals surface area contributed by atoms with Gasteiger partial charge in [-0.1, -0.05) is 31.7 Å². The van der Waals surface area contributed by atoms with Gasteiger partial charge in [0, 0.05) is 11.4 Å². The first-order chi connectivity index (χ1) is 10.1. The molecule has 1 heterocycles. The molecule has 1 aromatic heterocycles. The molecule has 0 aliphatic carbocycles. The van der Waals surface area contributed by atoms with Gasteiger partial charge in [0.1, 0.15) is 10.8 Å². The zero-order chi connectivity index (χ0) is 15.4. The number of hydrazone groups is 1. The Hall–Kier alpha value is -1.82. The van der Waals surface area contributed by atoms with Crippen LogP contribution in [0, 0.1) is 5.82 Å². The van der Waals surface area contributed by atoms with Gasteiger partial charge in [0.25, 0.3) is 0 Å². The molecule has 0 aliphatic heterocycles. The number of nitrogens with zero attached hydrogens (tertiary/aromatic N) is 3. The molecule has 0 saturated carbocycles. The number of hydrogen-bond donors (Lipinski definition) is 1. The molecule has 112 valence electrons. The van der Waals surface area contributed by atoms with Gasteiger partial charge < -0.3 is 10.4 Å². The van der Waals surface area contributed by atoms with Gasteiger partial charge in [-0.25, -0.2) is 9.37 Å². The molecule has 2 aromatic rings. The van der Waals surface area contributed by atoms with Crippen molar-refractivity contribution in [2.24, 2.45) is 10.9 Å². The van der Waals surface area contributed by atoms with Gasteiger partial charge in [0.05, 0.1) is 11.9 Å². The molecular weight excluding hydrogens is 287 g/mol. The highest BCUT2D eigenvalue weighted by molar-refractivity contribution is 7.99. The van der Waals surface area contributed by atoms with E-state index in [0.717, 1.165) is 28.0 Å². The standard InChI is InChI=1S/C15H19FN4S/c1-4-20-13(9-18-17)19-14(10(2)3)15(20)21-12-7-5-6-11(16)8-12/h5-10H,4,17H2,1-3H3. The molecule has 1 aromatic carbocycles. The smallest absolute Gasteiger partial charge is 0.154 e. The van der Waals surface area contributed by atoms with Gasteiger partial charge >= 0.3 is 0 Å². The summed E-state index contributed by atoms with van der Waals surface area (Å²) in [7, 11) is 0. The fraction of sp³-hybridized carbons (Fsp3) is 0.333. The number of aromatic nitrogens is 2. The average molecular weight is 306 g/mol. The Morgan fingerprint density at radius 1 is 1.48 bits per heavy atom. The molecule has 6 heteroatoms. The minimum Gasteiger partial charge on any atom is -0.323 e. The number of rotatable bonds is 5. The van der Waals surface area contributed by atoms with Gasteiger partial charge in [-0.15, -0.1) is 0 Å². The van der Waals surface area contributed by atoms with Gasteiger partial charge in [-0.3, -0.25) is 0 Å². The van der Waals surface area contributed by atoms with Crippen molar-refractivity contribution in [3.05, 3.63) is 41.6 Å². The second-order valence-electron chi connectivity index (χ2n) is 4.90. The number of hydrogen-bond acceptors (Lipinski definition) is 4. The lowest BCUT2D eigenvalue weighted by atomic mass is 10.1. The van der Waals surface area contributed by atoms with Crippen LogP contribution in [0.2, 0.25) is 0 Å². The van der Waals surface area contributed by atoms with Crippen molar-refractivity contribution in [1.82, 2.24) is 9.55 Å². The van der Waals surface area contributed by atoms with Crippen LogP contribution in [0.5, 0.6) is 0 Å². The average Bonchev–Trinajstić information content (AvgIpc) is 2.77. The first-order valence-electron chi connectivity index (χ1n) is 6.83. The van der Waals surface area contributed by atoms with E-state index in [1.165, 1.54) is 23.9 Å². The maximum atomic E-state index is 13.4. The number of nitrogens with two attached hydrogens (primary N) is 1. The summed E-state index contributed by atoms with van der Waals surface area (Å²) in [5, 5.41) is 4.58. The fourth-order valence-electron chi connectivity index (χ4n) is 2.07. The zero-order valence-electron chi connectivity index (χ0n) is 12.4. The van der Waals surface area contributed by atoms with Gasteiger partial charge in [-0.05, 0) is 31.0 Å². The fourth-order valence-corrected chi connectivity index (χ4v) is 3.33. The Bertz CT molecular complexity index is 649. The molecule has 0 aliphatic rings. The Labute approximate surface area is 128 Å². The van der Waals surface area contributed by atoms with E-state index < -0.39 is 0 Å². The van der Waals surface area contributed by atoms with E-state index in [1.807, 2.05) is 17.6 Å². The van der Waals surface area contributed by atoms with Crippen molar-refractivity contribution in [2.45, 2.75) is 43.2 Å². The number of benzene rings is 1. The first-order valence-corrected chi connectivity index (χ1v) is 7.65. The van der Waals surface area contributed by atoms with E-state index in [9.17, 15) is 4.39 Å². The maximum Gasteiger partial charge on any atom is 0.154 e. The highest BCUT2D eigenvalue weighted by atomic mass is 32.2. The Balaban J connectivity index is 2.49. The summed E-state index contributed by atoms with van der Waals surface area (Å²) in [6.45, 7) is 6.96. The van der Waals surface area contributed by atoms with E-state index in [-0.39, 0.29) is 11.7 Å². The largest absolute Gasteiger partial charge is 0.323 e. The quantitative estimate of drug-likeness (QED) is 0.521. The van der Waals surface area contributed by atoms with Crippen molar-refractivity contribution >= 4 is 18.0 Å². The Kier molecular flexibility index (Phi) is 5.01. The number of imidazole rings is 1. The van der Waals surface area contributed by atoms with Crippen molar-refractivity contribution in [3.8, 4) is 0 Å². The highest BCUT2D eigenvalue weighted by Gasteiger charge is 2.19. The third-order valence-electron chi connectivity index (χ3n) is 3.04. The monoisotopic (exact) mass is 306 g/mol. The van der Waals surface area contributed by atoms with E-state index in [2.05, 4.69) is 23.9 Å². The first kappa shape index (κ1) is 15.6. The van der Waals surface area contributed by atoms with Crippen molar-refractivity contribution < 1.29 is 4.39 Å². The lowest BCUT2D eigenvalue weighted by Crippen LogP contribution is -2.03. The predicted octanol–water partition coefficient (Wildman–Crippen LogP) is 3.61. The molecule has 2 N–H and O–H groups in total. The summed E-state index contributed by atoms with van der Waals surface area (Å²) < 4.78 is 15.4. The van der Waals surface area contributed by atoms with Crippen LogP contribution >= 0.6 is 11.8 Å². The summed E-state index contributed by atoms with van der Waals surface area (Å²) in [4.78, 5) is 5.46. The summed E-state index contributed by atoms with van der Waals surface area (Å²) in [5.74, 6) is 6.00. The van der Waals surface area contributed by atoms with Crippen LogP contribution in [0.25, 0.3) is 0 Å². The Morgan fingerprint density at radius 3 is 2.81 bits per heavy atom. The molecule has 0 fully saturated rings. The molecular formula is C15H19FN4S. The van der Waals surface area contributed by atoms with Crippen LogP contribution in [0.4, 0.5) is 4.39 Å². The molecule has 0 unspecified atom stereocenters. The summed E-state index contributed by atoms with van der Waals surface area (Å²) in [6.07, 6.45) is 1.55. The molecule has 0 atom stereocenters. The zero-order valence-corrected chi connectivity index (χ0v) is 13.2. The lowest BCUT2D eigenvalue weighted by molar-refractivity contribution is 0.624. The molecule has 21 heavy (non-hydrogen) atoms. The molecule has 2 rings (SSSR count). The second-order valence-corrected chi connectivity index (χ2v) is 5.96. The maximum absolute atomic E-state index is 13.4. The van der Waals surface area contributed by atoms with Crippen LogP contribution in [-0.2, 0) is 6.54 Å². The second kappa shape index (κ2) is 6.76. The minimum atomic E-state index is -0.239. The number of halogens is 1. The van der Waals surface area contributed by atoms with Crippen molar-refractivity contribution in [2.75, 3.05) is 0 Å². The normalized spacial score (nSPS) is 11.7. The van der Waals surface area contributed by atoms with E-state index in [4.69, 9.17) is 5.84 Å². The van der Waals surface area contributed by atoms with Crippen LogP contribution in [-0.4, -0.2) is 15.8 Å². The Morgan fingerprint density at radius 2 is 2.24 bits per heavy atom. The molecule has 0 amide bonds. The molecule has 0 spiro atoms. The summed E-state index contributed by atoms with van der Waals surface area (Å²) in [5.41, 5.74) is 0.973. The highest BCUT2D eigenvalue weighted by Crippen LogP contribution is 2.34. The lowest BCUT2D eigenvalue weighted by Gasteiger charge is -2.10. The van der Waals surface area contributed by atoms with Gasteiger partial charge in [-0.2, -0.15) is 5.10 Å². The summed E-state index contributed by atoms with van der Waals surface area (Å²) in [6, 6.07) is 6.57. The molecule has 0 radical (unpaired) electrons. The van der Waals surface area contributed by atoms with Crippen LogP contribution < -0.4 is 5.84 Å². The van der Waals surface area contributed by atoms with E-state index in [0.29, 0.717) is 0 Å². The van der Waals surface area contributed by atoms with Crippen molar-refractivity contribution in [3.63, 3.8) is 0 Å². The minimum absolute atomic E-state index is 0.239. The molecule has 0 bridgehead atoms. The summed E-state index contributed by atoms with van der Waals surface area (Å²) >= 11 is 1.51. The van der Waals surface area contributed by atoms with Gasteiger partial charge in [0.2, 0.25) is 0 Å². The molecule has 4 nitrogen and oxygen atoms in total. The third kappa shape index (κ3) is 3.44. The van der Waals surface area contributed by atoms with Gasteiger partial charge in [0.15, 0.2) is 5.82 Å². The van der Waals surface area contributed by atoms with Crippen LogP contribution in [0.3, 0.4) is 0 Å². The van der Waals surface area contributed by atoms with E-state index >= 15 is 0 Å². The third-order valence-corrected chi connectivity index (χ3v) is 4.15. The van der Waals surface area contributed by atoms with E-state index in [1.54, 1.807) is 12.3 Å². The SMILES string of the molecule is CCn1c(C=NN)nc(C(C)C)c1Sc1cccc(F)c1. The van der Waals surface area contributed by atoms with Crippen LogP contribution in [0.15, 0.2) is 39.3 Å². The molecule has 0 saturated heterocycles. The predicted molar refractivity (Wildman–Crippen MR) is 84.3 cm³/mol. The van der Waals surface area contributed by atoms with Crippen molar-refractivity contribution in [1.29, 1.82) is 0 Å². The topological polar surface area (TPSA) is 56.2 Å². The van der Waals surface area contributed by atoms with Crippen LogP contribution in [0.1, 0.15) is 38.2 Å².